The van der Waals surface area contributed by atoms with E-state index in [0.29, 0.717) is 24.2 Å². The Kier molecular flexibility index (Phi) is 8.52. The molecule has 1 amide bonds. The zero-order chi connectivity index (χ0) is 21.3. The summed E-state index contributed by atoms with van der Waals surface area (Å²) in [6.45, 7) is -1.24. The Morgan fingerprint density at radius 2 is 2.07 bits per heavy atom. The quantitative estimate of drug-likeness (QED) is 0.374. The standard InChI is InChI=1S/C19H30F2N6O3/c20-18(21)30-9-8-23-19-24-11-15(17(29)26-13-2-1-7-22-10-13)16(27-19)25-12-3-5-14(28)6-4-12/h11-14,18,22,28H,1-10H2,(H,26,29)(H2,23,24,25,27)/t12?,13-,14?/m0/s1. The fourth-order valence-corrected chi connectivity index (χ4v) is 3.71. The maximum atomic E-state index is 12.9. The predicted octanol–water partition coefficient (Wildman–Crippen LogP) is 1.32. The molecule has 0 bridgehead atoms. The van der Waals surface area contributed by atoms with E-state index in [9.17, 15) is 18.7 Å². The van der Waals surface area contributed by atoms with E-state index in [4.69, 9.17) is 0 Å². The summed E-state index contributed by atoms with van der Waals surface area (Å²) < 4.78 is 28.4. The van der Waals surface area contributed by atoms with Crippen LogP contribution in [0.4, 0.5) is 20.5 Å². The number of carbonyl (C=O) groups excluding carboxylic acids is 1. The molecule has 2 fully saturated rings. The second-order valence-corrected chi connectivity index (χ2v) is 7.68. The van der Waals surface area contributed by atoms with Crippen molar-refractivity contribution in [3.05, 3.63) is 11.8 Å². The summed E-state index contributed by atoms with van der Waals surface area (Å²) in [7, 11) is 0. The van der Waals surface area contributed by atoms with E-state index in [2.05, 4.69) is 36.0 Å². The van der Waals surface area contributed by atoms with E-state index < -0.39 is 6.61 Å². The van der Waals surface area contributed by atoms with Crippen molar-refractivity contribution in [2.24, 2.45) is 0 Å². The van der Waals surface area contributed by atoms with Gasteiger partial charge in [0.25, 0.3) is 5.91 Å². The number of ether oxygens (including phenoxy) is 1. The SMILES string of the molecule is O=C(N[C@H]1CCCNC1)c1cnc(NCCOC(F)F)nc1NC1CCC(O)CC1. The molecule has 1 saturated carbocycles. The number of halogens is 2. The summed E-state index contributed by atoms with van der Waals surface area (Å²) in [6, 6.07) is 0.134. The average Bonchev–Trinajstić information content (AvgIpc) is 2.73. The van der Waals surface area contributed by atoms with Gasteiger partial charge in [-0.3, -0.25) is 4.79 Å². The lowest BCUT2D eigenvalue weighted by molar-refractivity contribution is -0.125. The Morgan fingerprint density at radius 1 is 1.27 bits per heavy atom. The third-order valence-electron chi connectivity index (χ3n) is 5.33. The van der Waals surface area contributed by atoms with Gasteiger partial charge in [-0.05, 0) is 45.1 Å². The molecule has 1 aromatic rings. The van der Waals surface area contributed by atoms with Gasteiger partial charge >= 0.3 is 6.61 Å². The molecule has 30 heavy (non-hydrogen) atoms. The molecule has 1 saturated heterocycles. The second-order valence-electron chi connectivity index (χ2n) is 7.68. The number of carbonyl (C=O) groups is 1. The van der Waals surface area contributed by atoms with Gasteiger partial charge in [0.2, 0.25) is 5.95 Å². The number of amides is 1. The Labute approximate surface area is 174 Å². The summed E-state index contributed by atoms with van der Waals surface area (Å²) in [5.41, 5.74) is 0.334. The van der Waals surface area contributed by atoms with Gasteiger partial charge in [-0.1, -0.05) is 0 Å². The summed E-state index contributed by atoms with van der Waals surface area (Å²) in [5.74, 6) is 0.363. The average molecular weight is 428 g/mol. The molecule has 168 valence electrons. The Balaban J connectivity index is 1.68. The van der Waals surface area contributed by atoms with E-state index >= 15 is 0 Å². The van der Waals surface area contributed by atoms with Crippen LogP contribution in [0.3, 0.4) is 0 Å². The van der Waals surface area contributed by atoms with Gasteiger partial charge in [-0.25, -0.2) is 4.98 Å². The number of aliphatic hydroxyl groups excluding tert-OH is 1. The number of nitrogens with zero attached hydrogens (tertiary/aromatic N) is 2. The molecule has 1 aliphatic heterocycles. The third kappa shape index (κ3) is 6.99. The number of alkyl halides is 2. The zero-order valence-corrected chi connectivity index (χ0v) is 16.9. The van der Waals surface area contributed by atoms with Crippen molar-refractivity contribution in [1.29, 1.82) is 0 Å². The topological polar surface area (TPSA) is 120 Å². The molecule has 5 N–H and O–H groups in total. The van der Waals surface area contributed by atoms with E-state index in [1.165, 1.54) is 6.20 Å². The number of aromatic nitrogens is 2. The van der Waals surface area contributed by atoms with Crippen molar-refractivity contribution in [2.75, 3.05) is 36.9 Å². The number of anilines is 2. The van der Waals surface area contributed by atoms with Crippen molar-refractivity contribution in [1.82, 2.24) is 20.6 Å². The van der Waals surface area contributed by atoms with Crippen LogP contribution in [-0.2, 0) is 4.74 Å². The molecule has 0 spiro atoms. The van der Waals surface area contributed by atoms with Gasteiger partial charge < -0.3 is 31.1 Å². The molecule has 3 rings (SSSR count). The fourth-order valence-electron chi connectivity index (χ4n) is 3.71. The number of hydrogen-bond acceptors (Lipinski definition) is 8. The molecule has 0 radical (unpaired) electrons. The highest BCUT2D eigenvalue weighted by Crippen LogP contribution is 2.24. The molecule has 2 heterocycles. The van der Waals surface area contributed by atoms with E-state index in [1.54, 1.807) is 0 Å². The fraction of sp³-hybridized carbons (Fsp3) is 0.737. The molecule has 1 atom stereocenters. The minimum Gasteiger partial charge on any atom is -0.393 e. The molecular formula is C19H30F2N6O3. The van der Waals surface area contributed by atoms with Crippen LogP contribution in [0.1, 0.15) is 48.9 Å². The monoisotopic (exact) mass is 428 g/mol. The summed E-state index contributed by atoms with van der Waals surface area (Å²) >= 11 is 0. The van der Waals surface area contributed by atoms with Crippen LogP contribution >= 0.6 is 0 Å². The van der Waals surface area contributed by atoms with Gasteiger partial charge in [-0.2, -0.15) is 13.8 Å². The first-order valence-corrected chi connectivity index (χ1v) is 10.5. The lowest BCUT2D eigenvalue weighted by Crippen LogP contribution is -2.45. The highest BCUT2D eigenvalue weighted by molar-refractivity contribution is 5.98. The van der Waals surface area contributed by atoms with Crippen molar-refractivity contribution < 1.29 is 23.4 Å². The molecule has 2 aliphatic rings. The summed E-state index contributed by atoms with van der Waals surface area (Å²) in [4.78, 5) is 21.4. The van der Waals surface area contributed by atoms with Crippen LogP contribution < -0.4 is 21.3 Å². The molecule has 1 aliphatic carbocycles. The molecular weight excluding hydrogens is 398 g/mol. The number of nitrogens with one attached hydrogen (secondary N) is 4. The Morgan fingerprint density at radius 3 is 2.77 bits per heavy atom. The van der Waals surface area contributed by atoms with Crippen molar-refractivity contribution in [2.45, 2.75) is 63.3 Å². The molecule has 1 aromatic heterocycles. The Hall–Kier alpha value is -2.11. The third-order valence-corrected chi connectivity index (χ3v) is 5.33. The maximum absolute atomic E-state index is 12.9. The first-order chi connectivity index (χ1) is 14.5. The van der Waals surface area contributed by atoms with Gasteiger partial charge in [0.05, 0.1) is 12.7 Å². The lowest BCUT2D eigenvalue weighted by atomic mass is 9.93. The van der Waals surface area contributed by atoms with Crippen LogP contribution in [0.5, 0.6) is 0 Å². The van der Waals surface area contributed by atoms with Crippen LogP contribution in [0.15, 0.2) is 6.20 Å². The number of piperidine rings is 1. The minimum atomic E-state index is -2.83. The van der Waals surface area contributed by atoms with Gasteiger partial charge in [0.1, 0.15) is 11.4 Å². The molecule has 0 aromatic carbocycles. The number of aliphatic hydroxyl groups is 1. The van der Waals surface area contributed by atoms with Crippen LogP contribution in [0.2, 0.25) is 0 Å². The lowest BCUT2D eigenvalue weighted by Gasteiger charge is -2.28. The molecule has 11 heteroatoms. The Bertz CT molecular complexity index is 682. The molecule has 0 unspecified atom stereocenters. The smallest absolute Gasteiger partial charge is 0.345 e. The van der Waals surface area contributed by atoms with Gasteiger partial charge in [-0.15, -0.1) is 0 Å². The highest BCUT2D eigenvalue weighted by atomic mass is 19.3. The van der Waals surface area contributed by atoms with Gasteiger partial charge in [0.15, 0.2) is 0 Å². The predicted molar refractivity (Wildman–Crippen MR) is 108 cm³/mol. The van der Waals surface area contributed by atoms with Crippen LogP contribution in [0, 0.1) is 0 Å². The normalized spacial score (nSPS) is 24.5. The first kappa shape index (κ1) is 22.6. The van der Waals surface area contributed by atoms with E-state index in [0.717, 1.165) is 38.8 Å². The number of hydrogen-bond donors (Lipinski definition) is 5. The number of rotatable bonds is 9. The van der Waals surface area contributed by atoms with E-state index in [1.807, 2.05) is 0 Å². The first-order valence-electron chi connectivity index (χ1n) is 10.5. The molecule has 9 nitrogen and oxygen atoms in total. The highest BCUT2D eigenvalue weighted by Gasteiger charge is 2.24. The second kappa shape index (κ2) is 11.3. The summed E-state index contributed by atoms with van der Waals surface area (Å²) in [5, 5.41) is 22.1. The van der Waals surface area contributed by atoms with Crippen LogP contribution in [0.25, 0.3) is 0 Å². The van der Waals surface area contributed by atoms with Crippen LogP contribution in [-0.4, -0.2) is 72.0 Å². The van der Waals surface area contributed by atoms with Crippen molar-refractivity contribution in [3.63, 3.8) is 0 Å². The zero-order valence-electron chi connectivity index (χ0n) is 16.9. The van der Waals surface area contributed by atoms with E-state index in [-0.39, 0.29) is 43.2 Å². The largest absolute Gasteiger partial charge is 0.393 e. The maximum Gasteiger partial charge on any atom is 0.345 e. The minimum absolute atomic E-state index is 0.0493. The summed E-state index contributed by atoms with van der Waals surface area (Å²) in [6.07, 6.45) is 5.97. The van der Waals surface area contributed by atoms with Gasteiger partial charge in [0, 0.05) is 31.4 Å². The van der Waals surface area contributed by atoms with Crippen molar-refractivity contribution >= 4 is 17.7 Å². The van der Waals surface area contributed by atoms with Crippen molar-refractivity contribution in [3.8, 4) is 0 Å².